The summed E-state index contributed by atoms with van der Waals surface area (Å²) in [6, 6.07) is 3.55. The maximum atomic E-state index is 11.3. The Morgan fingerprint density at radius 2 is 2.32 bits per heavy atom. The van der Waals surface area contributed by atoms with Crippen molar-refractivity contribution in [3.05, 3.63) is 23.3 Å². The number of carboxylic acid groups (broad SMARTS) is 1. The van der Waals surface area contributed by atoms with Gasteiger partial charge in [0.05, 0.1) is 7.11 Å². The summed E-state index contributed by atoms with van der Waals surface area (Å²) in [5.74, 6) is 0.206. The Labute approximate surface area is 112 Å². The van der Waals surface area contributed by atoms with E-state index in [2.05, 4.69) is 0 Å². The Bertz CT molecular complexity index is 483. The molecule has 0 bridgehead atoms. The number of rotatable bonds is 5. The standard InChI is InChI=1S/C14H18O5/c1-4-18-13(14(15)16)10-7-11-9(5-8(2)19-11)6-12(10)17-3/h6-8,13H,4-5H2,1-3H3,(H,15,16). The molecule has 0 amide bonds. The third-order valence-corrected chi connectivity index (χ3v) is 3.09. The molecule has 5 nitrogen and oxygen atoms in total. The van der Waals surface area contributed by atoms with E-state index in [1.807, 2.05) is 13.0 Å². The molecule has 1 aliphatic heterocycles. The van der Waals surface area contributed by atoms with Crippen molar-refractivity contribution < 1.29 is 24.1 Å². The molecule has 1 aromatic carbocycles. The van der Waals surface area contributed by atoms with E-state index in [1.165, 1.54) is 7.11 Å². The van der Waals surface area contributed by atoms with Crippen LogP contribution in [0.4, 0.5) is 0 Å². The highest BCUT2D eigenvalue weighted by molar-refractivity contribution is 5.76. The Balaban J connectivity index is 2.44. The van der Waals surface area contributed by atoms with E-state index in [-0.39, 0.29) is 6.10 Å². The molecule has 0 radical (unpaired) electrons. The minimum Gasteiger partial charge on any atom is -0.496 e. The van der Waals surface area contributed by atoms with Crippen LogP contribution >= 0.6 is 0 Å². The quantitative estimate of drug-likeness (QED) is 0.885. The molecule has 1 aliphatic rings. The lowest BCUT2D eigenvalue weighted by molar-refractivity contribution is -0.150. The van der Waals surface area contributed by atoms with Crippen LogP contribution in [0.1, 0.15) is 31.1 Å². The summed E-state index contributed by atoms with van der Waals surface area (Å²) < 4.78 is 16.2. The molecule has 0 aliphatic carbocycles. The molecular formula is C14H18O5. The molecule has 0 aromatic heterocycles. The zero-order valence-corrected chi connectivity index (χ0v) is 11.3. The zero-order valence-electron chi connectivity index (χ0n) is 11.3. The third kappa shape index (κ3) is 2.66. The summed E-state index contributed by atoms with van der Waals surface area (Å²) in [5.41, 5.74) is 1.53. The highest BCUT2D eigenvalue weighted by Crippen LogP contribution is 2.38. The van der Waals surface area contributed by atoms with Crippen molar-refractivity contribution in [3.8, 4) is 11.5 Å². The van der Waals surface area contributed by atoms with E-state index >= 15 is 0 Å². The van der Waals surface area contributed by atoms with E-state index in [4.69, 9.17) is 14.2 Å². The summed E-state index contributed by atoms with van der Waals surface area (Å²) in [6.45, 7) is 4.05. The van der Waals surface area contributed by atoms with Crippen LogP contribution in [0.5, 0.6) is 11.5 Å². The fourth-order valence-corrected chi connectivity index (χ4v) is 2.30. The molecule has 2 unspecified atom stereocenters. The van der Waals surface area contributed by atoms with Crippen LogP contribution in [0.3, 0.4) is 0 Å². The number of fused-ring (bicyclic) bond motifs is 1. The molecule has 1 N–H and O–H groups in total. The van der Waals surface area contributed by atoms with Crippen molar-refractivity contribution >= 4 is 5.97 Å². The monoisotopic (exact) mass is 266 g/mol. The maximum absolute atomic E-state index is 11.3. The SMILES string of the molecule is CCOC(C(=O)O)c1cc2c(cc1OC)CC(C)O2. The van der Waals surface area contributed by atoms with Gasteiger partial charge in [0, 0.05) is 24.2 Å². The van der Waals surface area contributed by atoms with Gasteiger partial charge >= 0.3 is 5.97 Å². The van der Waals surface area contributed by atoms with Gasteiger partial charge in [0.2, 0.25) is 0 Å². The molecular weight excluding hydrogens is 248 g/mol. The van der Waals surface area contributed by atoms with E-state index in [1.54, 1.807) is 13.0 Å². The fraction of sp³-hybridized carbons (Fsp3) is 0.500. The minimum absolute atomic E-state index is 0.102. The molecule has 1 heterocycles. The topological polar surface area (TPSA) is 65.0 Å². The normalized spacial score (nSPS) is 18.6. The van der Waals surface area contributed by atoms with Crippen molar-refractivity contribution in [1.29, 1.82) is 0 Å². The molecule has 0 fully saturated rings. The van der Waals surface area contributed by atoms with Crippen LogP contribution in [0.25, 0.3) is 0 Å². The van der Waals surface area contributed by atoms with Crippen molar-refractivity contribution in [2.45, 2.75) is 32.5 Å². The summed E-state index contributed by atoms with van der Waals surface area (Å²) >= 11 is 0. The zero-order chi connectivity index (χ0) is 14.0. The Morgan fingerprint density at radius 3 is 2.89 bits per heavy atom. The number of benzene rings is 1. The third-order valence-electron chi connectivity index (χ3n) is 3.09. The first-order valence-electron chi connectivity index (χ1n) is 6.28. The van der Waals surface area contributed by atoms with Gasteiger partial charge in [-0.1, -0.05) is 0 Å². The van der Waals surface area contributed by atoms with Gasteiger partial charge in [-0.05, 0) is 26.0 Å². The average molecular weight is 266 g/mol. The number of hydrogen-bond donors (Lipinski definition) is 1. The maximum Gasteiger partial charge on any atom is 0.337 e. The predicted octanol–water partition coefficient (Wildman–Crippen LogP) is 2.18. The number of ether oxygens (including phenoxy) is 3. The van der Waals surface area contributed by atoms with Crippen molar-refractivity contribution in [2.24, 2.45) is 0 Å². The van der Waals surface area contributed by atoms with Gasteiger partial charge < -0.3 is 19.3 Å². The fourth-order valence-electron chi connectivity index (χ4n) is 2.30. The Morgan fingerprint density at radius 1 is 1.58 bits per heavy atom. The molecule has 0 spiro atoms. The lowest BCUT2D eigenvalue weighted by Crippen LogP contribution is -2.16. The van der Waals surface area contributed by atoms with E-state index in [0.29, 0.717) is 23.7 Å². The van der Waals surface area contributed by atoms with Gasteiger partial charge in [0.25, 0.3) is 0 Å². The number of aliphatic carboxylic acids is 1. The molecule has 1 aromatic rings. The van der Waals surface area contributed by atoms with Gasteiger partial charge in [-0.3, -0.25) is 0 Å². The number of carboxylic acids is 1. The highest BCUT2D eigenvalue weighted by Gasteiger charge is 2.28. The van der Waals surface area contributed by atoms with Gasteiger partial charge in [0.1, 0.15) is 17.6 Å². The first kappa shape index (κ1) is 13.7. The average Bonchev–Trinajstić information content (AvgIpc) is 2.73. The first-order chi connectivity index (χ1) is 9.06. The van der Waals surface area contributed by atoms with Gasteiger partial charge in [-0.25, -0.2) is 4.79 Å². The molecule has 0 saturated carbocycles. The van der Waals surface area contributed by atoms with E-state index in [9.17, 15) is 9.90 Å². The van der Waals surface area contributed by atoms with Gasteiger partial charge in [-0.2, -0.15) is 0 Å². The van der Waals surface area contributed by atoms with E-state index in [0.717, 1.165) is 12.0 Å². The molecule has 2 rings (SSSR count). The smallest absolute Gasteiger partial charge is 0.337 e. The van der Waals surface area contributed by atoms with Crippen molar-refractivity contribution in [2.75, 3.05) is 13.7 Å². The number of methoxy groups -OCH3 is 1. The number of carbonyl (C=O) groups is 1. The van der Waals surface area contributed by atoms with Gasteiger partial charge in [0.15, 0.2) is 6.10 Å². The van der Waals surface area contributed by atoms with Crippen molar-refractivity contribution in [3.63, 3.8) is 0 Å². The summed E-state index contributed by atoms with van der Waals surface area (Å²) in [7, 11) is 1.52. The van der Waals surface area contributed by atoms with Crippen LogP contribution in [0, 0.1) is 0 Å². The molecule has 5 heteroatoms. The van der Waals surface area contributed by atoms with Crippen LogP contribution in [-0.2, 0) is 16.0 Å². The predicted molar refractivity (Wildman–Crippen MR) is 68.8 cm³/mol. The van der Waals surface area contributed by atoms with Crippen LogP contribution in [0.2, 0.25) is 0 Å². The summed E-state index contributed by atoms with van der Waals surface area (Å²) in [4.78, 5) is 11.3. The first-order valence-corrected chi connectivity index (χ1v) is 6.28. The lowest BCUT2D eigenvalue weighted by Gasteiger charge is -2.17. The highest BCUT2D eigenvalue weighted by atomic mass is 16.5. The molecule has 19 heavy (non-hydrogen) atoms. The van der Waals surface area contributed by atoms with Crippen LogP contribution in [0.15, 0.2) is 12.1 Å². The largest absolute Gasteiger partial charge is 0.496 e. The van der Waals surface area contributed by atoms with Crippen molar-refractivity contribution in [1.82, 2.24) is 0 Å². The summed E-state index contributed by atoms with van der Waals surface area (Å²) in [5, 5.41) is 9.26. The second kappa shape index (κ2) is 5.48. The molecule has 104 valence electrons. The summed E-state index contributed by atoms with van der Waals surface area (Å²) in [6.07, 6.45) is -0.131. The molecule has 2 atom stereocenters. The van der Waals surface area contributed by atoms with Crippen LogP contribution in [-0.4, -0.2) is 30.9 Å². The minimum atomic E-state index is -1.04. The molecule has 0 saturated heterocycles. The van der Waals surface area contributed by atoms with E-state index < -0.39 is 12.1 Å². The van der Waals surface area contributed by atoms with Crippen LogP contribution < -0.4 is 9.47 Å². The Hall–Kier alpha value is -1.75. The second-order valence-electron chi connectivity index (χ2n) is 4.51. The number of hydrogen-bond acceptors (Lipinski definition) is 4. The second-order valence-corrected chi connectivity index (χ2v) is 4.51. The van der Waals surface area contributed by atoms with Gasteiger partial charge in [-0.15, -0.1) is 0 Å². The Kier molecular flexibility index (Phi) is 3.95. The lowest BCUT2D eigenvalue weighted by atomic mass is 10.0.